The first-order valence-corrected chi connectivity index (χ1v) is 11.0. The maximum atomic E-state index is 11.1. The number of pyridine rings is 1. The molecule has 162 valence electrons. The van der Waals surface area contributed by atoms with Gasteiger partial charge in [-0.15, -0.1) is 0 Å². The Labute approximate surface area is 183 Å². The first-order chi connectivity index (χ1) is 15.2. The maximum absolute atomic E-state index is 11.1. The molecule has 3 aromatic rings. The summed E-state index contributed by atoms with van der Waals surface area (Å²) in [7, 11) is 0. The van der Waals surface area contributed by atoms with Crippen LogP contribution in [0.1, 0.15) is 35.1 Å². The van der Waals surface area contributed by atoms with Crippen molar-refractivity contribution in [3.63, 3.8) is 0 Å². The van der Waals surface area contributed by atoms with E-state index in [-0.39, 0.29) is 0 Å². The van der Waals surface area contributed by atoms with Crippen LogP contribution >= 0.6 is 0 Å². The molecule has 31 heavy (non-hydrogen) atoms. The van der Waals surface area contributed by atoms with Gasteiger partial charge in [-0.3, -0.25) is 14.8 Å². The largest absolute Gasteiger partial charge is 0.492 e. The number of benzene rings is 1. The lowest BCUT2D eigenvalue weighted by Crippen LogP contribution is -2.42. The molecule has 0 aliphatic carbocycles. The van der Waals surface area contributed by atoms with E-state index >= 15 is 0 Å². The van der Waals surface area contributed by atoms with Crippen molar-refractivity contribution in [1.29, 1.82) is 0 Å². The van der Waals surface area contributed by atoms with Crippen LogP contribution in [0, 0.1) is 0 Å². The minimum atomic E-state index is -0.764. The second-order valence-corrected chi connectivity index (χ2v) is 8.68. The van der Waals surface area contributed by atoms with Gasteiger partial charge in [0.1, 0.15) is 12.4 Å². The average Bonchev–Trinajstić information content (AvgIpc) is 3.22. The van der Waals surface area contributed by atoms with E-state index < -0.39 is 5.60 Å². The van der Waals surface area contributed by atoms with E-state index in [0.717, 1.165) is 63.4 Å². The lowest BCUT2D eigenvalue weighted by Gasteiger charge is -2.38. The van der Waals surface area contributed by atoms with E-state index in [2.05, 4.69) is 33.0 Å². The summed E-state index contributed by atoms with van der Waals surface area (Å²) in [6.45, 7) is 5.95. The van der Waals surface area contributed by atoms with Crippen LogP contribution in [0.15, 0.2) is 65.7 Å². The van der Waals surface area contributed by atoms with Gasteiger partial charge in [0.15, 0.2) is 0 Å². The number of likely N-dealkylation sites (tertiary alicyclic amines) is 1. The van der Waals surface area contributed by atoms with Crippen LogP contribution in [0.4, 0.5) is 0 Å². The number of fused-ring (bicyclic) bond motifs is 1. The van der Waals surface area contributed by atoms with E-state index in [1.54, 1.807) is 18.7 Å². The van der Waals surface area contributed by atoms with E-state index in [1.807, 2.05) is 24.5 Å². The molecule has 6 nitrogen and oxygen atoms in total. The average molecular weight is 420 g/mol. The number of aliphatic hydroxyl groups is 1. The molecule has 0 saturated carbocycles. The Morgan fingerprint density at radius 3 is 2.65 bits per heavy atom. The second-order valence-electron chi connectivity index (χ2n) is 8.68. The molecule has 2 aromatic heterocycles. The van der Waals surface area contributed by atoms with Gasteiger partial charge >= 0.3 is 0 Å². The Balaban J connectivity index is 1.23. The van der Waals surface area contributed by atoms with Crippen LogP contribution in [0.25, 0.3) is 0 Å². The topological polar surface area (TPSA) is 62.0 Å². The Kier molecular flexibility index (Phi) is 5.76. The van der Waals surface area contributed by atoms with Gasteiger partial charge in [-0.05, 0) is 42.7 Å². The van der Waals surface area contributed by atoms with Crippen LogP contribution < -0.4 is 4.74 Å². The molecule has 2 aliphatic heterocycles. The molecule has 0 radical (unpaired) electrons. The third-order valence-electron chi connectivity index (χ3n) is 6.46. The van der Waals surface area contributed by atoms with Gasteiger partial charge in [0.05, 0.1) is 18.1 Å². The Hall–Kier alpha value is -2.67. The summed E-state index contributed by atoms with van der Waals surface area (Å²) in [5.74, 6) is 0.989. The van der Waals surface area contributed by atoms with E-state index in [9.17, 15) is 5.11 Å². The summed E-state index contributed by atoms with van der Waals surface area (Å²) in [4.78, 5) is 9.00. The van der Waals surface area contributed by atoms with Gasteiger partial charge < -0.3 is 14.3 Å². The SMILES string of the molecule is OC1(c2cccnc2)CCN(Cc2ccc3c(c2)CN(Cc2ccoc2)CCO3)CC1. The van der Waals surface area contributed by atoms with Gasteiger partial charge in [0, 0.05) is 68.4 Å². The minimum absolute atomic E-state index is 0.698. The van der Waals surface area contributed by atoms with Gasteiger partial charge in [0.2, 0.25) is 0 Å². The lowest BCUT2D eigenvalue weighted by atomic mass is 9.85. The molecule has 0 bridgehead atoms. The fraction of sp³-hybridized carbons (Fsp3) is 0.400. The quantitative estimate of drug-likeness (QED) is 0.682. The van der Waals surface area contributed by atoms with E-state index in [1.165, 1.54) is 16.7 Å². The first kappa shape index (κ1) is 20.2. The molecule has 4 heterocycles. The van der Waals surface area contributed by atoms with Crippen molar-refractivity contribution in [2.45, 2.75) is 38.1 Å². The standard InChI is InChI=1S/C25H29N3O3/c29-25(23-2-1-8-26-15-23)6-9-27(10-7-25)16-20-3-4-24-22(14-20)18-28(11-13-31-24)17-21-5-12-30-19-21/h1-5,8,12,14-15,19,29H,6-7,9-11,13,16-18H2. The molecule has 1 aromatic carbocycles. The van der Waals surface area contributed by atoms with Crippen LogP contribution in [-0.4, -0.2) is 46.1 Å². The van der Waals surface area contributed by atoms with Gasteiger partial charge in [0.25, 0.3) is 0 Å². The molecule has 1 N–H and O–H groups in total. The molecular weight excluding hydrogens is 390 g/mol. The molecular formula is C25H29N3O3. The lowest BCUT2D eigenvalue weighted by molar-refractivity contribution is -0.0279. The zero-order chi connectivity index (χ0) is 21.1. The maximum Gasteiger partial charge on any atom is 0.123 e. The Bertz CT molecular complexity index is 983. The number of nitrogens with zero attached hydrogens (tertiary/aromatic N) is 3. The zero-order valence-electron chi connectivity index (χ0n) is 17.7. The van der Waals surface area contributed by atoms with E-state index in [4.69, 9.17) is 9.15 Å². The number of piperidine rings is 1. The molecule has 5 rings (SSSR count). The van der Waals surface area contributed by atoms with Gasteiger partial charge in [-0.1, -0.05) is 12.1 Å². The molecule has 1 fully saturated rings. The van der Waals surface area contributed by atoms with Gasteiger partial charge in [-0.2, -0.15) is 0 Å². The molecule has 0 amide bonds. The fourth-order valence-corrected chi connectivity index (χ4v) is 4.64. The second kappa shape index (κ2) is 8.83. The molecule has 1 saturated heterocycles. The van der Waals surface area contributed by atoms with Crippen LogP contribution in [0.2, 0.25) is 0 Å². The summed E-state index contributed by atoms with van der Waals surface area (Å²) >= 11 is 0. The monoisotopic (exact) mass is 419 g/mol. The van der Waals surface area contributed by atoms with Crippen molar-refractivity contribution in [1.82, 2.24) is 14.8 Å². The Morgan fingerprint density at radius 1 is 1.00 bits per heavy atom. The highest BCUT2D eigenvalue weighted by molar-refractivity contribution is 5.38. The number of rotatable bonds is 5. The third kappa shape index (κ3) is 4.66. The summed E-state index contributed by atoms with van der Waals surface area (Å²) in [6.07, 6.45) is 8.53. The Morgan fingerprint density at radius 2 is 1.87 bits per heavy atom. The van der Waals surface area contributed by atoms with Gasteiger partial charge in [-0.25, -0.2) is 0 Å². The van der Waals surface area contributed by atoms with Crippen molar-refractivity contribution in [2.24, 2.45) is 0 Å². The summed E-state index contributed by atoms with van der Waals surface area (Å²) in [5, 5.41) is 11.1. The number of ether oxygens (including phenoxy) is 1. The number of aromatic nitrogens is 1. The highest BCUT2D eigenvalue weighted by atomic mass is 16.5. The highest BCUT2D eigenvalue weighted by Gasteiger charge is 2.34. The van der Waals surface area contributed by atoms with Crippen molar-refractivity contribution in [3.05, 3.63) is 83.6 Å². The number of furan rings is 1. The van der Waals surface area contributed by atoms with Crippen molar-refractivity contribution < 1.29 is 14.3 Å². The predicted octanol–water partition coefficient (Wildman–Crippen LogP) is 3.55. The summed E-state index contributed by atoms with van der Waals surface area (Å²) < 4.78 is 11.2. The smallest absolute Gasteiger partial charge is 0.123 e. The van der Waals surface area contributed by atoms with Crippen LogP contribution in [0.5, 0.6) is 5.75 Å². The number of hydrogen-bond acceptors (Lipinski definition) is 6. The first-order valence-electron chi connectivity index (χ1n) is 11.0. The number of hydrogen-bond donors (Lipinski definition) is 1. The molecule has 2 aliphatic rings. The fourth-order valence-electron chi connectivity index (χ4n) is 4.64. The van der Waals surface area contributed by atoms with Crippen LogP contribution in [-0.2, 0) is 25.2 Å². The molecule has 0 unspecified atom stereocenters. The summed E-state index contributed by atoms with van der Waals surface area (Å²) in [6, 6.07) is 12.5. The van der Waals surface area contributed by atoms with Crippen LogP contribution in [0.3, 0.4) is 0 Å². The van der Waals surface area contributed by atoms with Crippen molar-refractivity contribution >= 4 is 0 Å². The molecule has 0 spiro atoms. The summed E-state index contributed by atoms with van der Waals surface area (Å²) in [5.41, 5.74) is 3.88. The predicted molar refractivity (Wildman–Crippen MR) is 117 cm³/mol. The van der Waals surface area contributed by atoms with E-state index in [0.29, 0.717) is 6.61 Å². The minimum Gasteiger partial charge on any atom is -0.492 e. The molecule has 0 atom stereocenters. The van der Waals surface area contributed by atoms with Crippen molar-refractivity contribution in [2.75, 3.05) is 26.2 Å². The zero-order valence-corrected chi connectivity index (χ0v) is 17.7. The normalized spacial score (nSPS) is 19.4. The molecule has 6 heteroatoms. The third-order valence-corrected chi connectivity index (χ3v) is 6.46. The van der Waals surface area contributed by atoms with Crippen molar-refractivity contribution in [3.8, 4) is 5.75 Å². The highest BCUT2D eigenvalue weighted by Crippen LogP contribution is 2.33.